The molecule has 0 aliphatic carbocycles. The topological polar surface area (TPSA) is 49.8 Å². The third-order valence-corrected chi connectivity index (χ3v) is 4.02. The Morgan fingerprint density at radius 2 is 1.80 bits per heavy atom. The molecule has 0 radical (unpaired) electrons. The zero-order valence-corrected chi connectivity index (χ0v) is 13.0. The van der Waals surface area contributed by atoms with Crippen molar-refractivity contribution in [2.24, 2.45) is 5.73 Å². The maximum Gasteiger partial charge on any atom is 0.0641 e. The van der Waals surface area contributed by atoms with Crippen LogP contribution in [0.1, 0.15) is 18.0 Å². The lowest BCUT2D eigenvalue weighted by molar-refractivity contribution is 0.732. The van der Waals surface area contributed by atoms with Gasteiger partial charge in [0.2, 0.25) is 0 Å². The molecule has 2 N–H and O–H groups in total. The van der Waals surface area contributed by atoms with Gasteiger partial charge in [-0.15, -0.1) is 12.4 Å². The lowest BCUT2D eigenvalue weighted by Gasteiger charge is -2.13. The highest BCUT2D eigenvalue weighted by Crippen LogP contribution is 2.33. The van der Waals surface area contributed by atoms with E-state index in [1.54, 1.807) is 11.8 Å². The lowest BCUT2D eigenvalue weighted by Crippen LogP contribution is -2.10. The molecule has 0 aromatic heterocycles. The molecular weight excluding hydrogens is 311 g/mol. The molecule has 104 valence electrons. The van der Waals surface area contributed by atoms with E-state index in [-0.39, 0.29) is 18.4 Å². The Hall–Kier alpha value is -1.18. The van der Waals surface area contributed by atoms with Gasteiger partial charge in [-0.1, -0.05) is 41.6 Å². The average Bonchev–Trinajstić information content (AvgIpc) is 2.42. The minimum atomic E-state index is -0.249. The number of hydrogen-bond acceptors (Lipinski definition) is 3. The van der Waals surface area contributed by atoms with Crippen LogP contribution in [0.25, 0.3) is 0 Å². The number of halogens is 2. The number of benzene rings is 2. The fourth-order valence-corrected chi connectivity index (χ4v) is 2.85. The molecule has 0 aliphatic heterocycles. The number of nitrogens with zero attached hydrogens (tertiary/aromatic N) is 1. The van der Waals surface area contributed by atoms with Crippen LogP contribution in [0.2, 0.25) is 5.02 Å². The summed E-state index contributed by atoms with van der Waals surface area (Å²) in [7, 11) is 0. The highest BCUT2D eigenvalue weighted by molar-refractivity contribution is 7.99. The van der Waals surface area contributed by atoms with E-state index in [1.165, 1.54) is 0 Å². The van der Waals surface area contributed by atoms with Crippen molar-refractivity contribution in [1.29, 1.82) is 5.26 Å². The molecular formula is C15H14Cl2N2S. The Morgan fingerprint density at radius 3 is 2.45 bits per heavy atom. The highest BCUT2D eigenvalue weighted by atomic mass is 35.5. The predicted molar refractivity (Wildman–Crippen MR) is 86.4 cm³/mol. The van der Waals surface area contributed by atoms with Gasteiger partial charge in [0, 0.05) is 20.9 Å². The normalized spacial score (nSPS) is 11.2. The summed E-state index contributed by atoms with van der Waals surface area (Å²) in [4.78, 5) is 2.17. The van der Waals surface area contributed by atoms with Gasteiger partial charge in [0.05, 0.1) is 12.5 Å². The van der Waals surface area contributed by atoms with Crippen LogP contribution in [0.4, 0.5) is 0 Å². The number of rotatable bonds is 4. The van der Waals surface area contributed by atoms with Crippen molar-refractivity contribution in [3.05, 3.63) is 59.1 Å². The number of hydrogen-bond donors (Lipinski definition) is 1. The van der Waals surface area contributed by atoms with Crippen LogP contribution in [0, 0.1) is 11.3 Å². The molecule has 2 aromatic carbocycles. The van der Waals surface area contributed by atoms with Gasteiger partial charge in [0.15, 0.2) is 0 Å². The van der Waals surface area contributed by atoms with Crippen molar-refractivity contribution in [1.82, 2.24) is 0 Å². The molecule has 2 aromatic rings. The van der Waals surface area contributed by atoms with E-state index in [4.69, 9.17) is 22.6 Å². The molecule has 2 nitrogen and oxygen atoms in total. The van der Waals surface area contributed by atoms with Crippen LogP contribution in [-0.4, -0.2) is 0 Å². The average molecular weight is 325 g/mol. The third-order valence-electron chi connectivity index (χ3n) is 2.67. The maximum atomic E-state index is 8.76. The fraction of sp³-hybridized carbons (Fsp3) is 0.133. The number of nitriles is 1. The zero-order chi connectivity index (χ0) is 13.7. The highest BCUT2D eigenvalue weighted by Gasteiger charge is 2.11. The van der Waals surface area contributed by atoms with E-state index >= 15 is 0 Å². The van der Waals surface area contributed by atoms with Crippen molar-refractivity contribution in [2.45, 2.75) is 22.3 Å². The van der Waals surface area contributed by atoms with Crippen LogP contribution < -0.4 is 5.73 Å². The summed E-state index contributed by atoms with van der Waals surface area (Å²) in [6.45, 7) is 0. The molecule has 0 heterocycles. The van der Waals surface area contributed by atoms with E-state index in [0.29, 0.717) is 6.42 Å². The quantitative estimate of drug-likeness (QED) is 0.876. The largest absolute Gasteiger partial charge is 0.323 e. The molecule has 0 amide bonds. The van der Waals surface area contributed by atoms with Crippen molar-refractivity contribution in [3.63, 3.8) is 0 Å². The number of nitrogens with two attached hydrogens (primary N) is 1. The Bertz CT molecular complexity index is 594. The van der Waals surface area contributed by atoms with Crippen LogP contribution in [0.5, 0.6) is 0 Å². The standard InChI is InChI=1S/C15H13ClN2S.ClH/c16-11-5-7-12(8-6-11)19-15-4-2-1-3-13(15)14(18)9-10-17;/h1-8,14H,9,18H2;1H/t14-;/m0./s1. The second kappa shape index (κ2) is 8.18. The first-order chi connectivity index (χ1) is 9.20. The predicted octanol–water partition coefficient (Wildman–Crippen LogP) is 4.83. The molecule has 0 aliphatic rings. The Morgan fingerprint density at radius 1 is 1.15 bits per heavy atom. The first-order valence-corrected chi connectivity index (χ1v) is 7.05. The van der Waals surface area contributed by atoms with Crippen LogP contribution in [0.15, 0.2) is 58.3 Å². The van der Waals surface area contributed by atoms with Gasteiger partial charge >= 0.3 is 0 Å². The van der Waals surface area contributed by atoms with E-state index < -0.39 is 0 Å². The first-order valence-electron chi connectivity index (χ1n) is 5.85. The van der Waals surface area contributed by atoms with Gasteiger partial charge in [-0.2, -0.15) is 5.26 Å². The van der Waals surface area contributed by atoms with Crippen molar-refractivity contribution in [2.75, 3.05) is 0 Å². The second-order valence-electron chi connectivity index (χ2n) is 4.06. The first kappa shape index (κ1) is 16.9. The second-order valence-corrected chi connectivity index (χ2v) is 5.61. The smallest absolute Gasteiger partial charge is 0.0641 e. The zero-order valence-electron chi connectivity index (χ0n) is 10.6. The monoisotopic (exact) mass is 324 g/mol. The Balaban J connectivity index is 0.00000200. The summed E-state index contributed by atoms with van der Waals surface area (Å²) in [6, 6.07) is 17.4. The summed E-state index contributed by atoms with van der Waals surface area (Å²) >= 11 is 7.50. The molecule has 0 fully saturated rings. The van der Waals surface area contributed by atoms with Crippen LogP contribution >= 0.6 is 35.8 Å². The minimum absolute atomic E-state index is 0. The molecule has 0 bridgehead atoms. The minimum Gasteiger partial charge on any atom is -0.323 e. The third kappa shape index (κ3) is 4.43. The molecule has 0 saturated heterocycles. The summed E-state index contributed by atoms with van der Waals surface area (Å²) in [5.74, 6) is 0. The molecule has 0 saturated carbocycles. The molecule has 2 rings (SSSR count). The SMILES string of the molecule is Cl.N#CC[C@H](N)c1ccccc1Sc1ccc(Cl)cc1. The lowest BCUT2D eigenvalue weighted by atomic mass is 10.1. The molecule has 0 unspecified atom stereocenters. The summed E-state index contributed by atoms with van der Waals surface area (Å²) in [6.07, 6.45) is 0.318. The molecule has 20 heavy (non-hydrogen) atoms. The van der Waals surface area contributed by atoms with Crippen molar-refractivity contribution < 1.29 is 0 Å². The maximum absolute atomic E-state index is 8.76. The van der Waals surface area contributed by atoms with Gasteiger partial charge in [0.25, 0.3) is 0 Å². The summed E-state index contributed by atoms with van der Waals surface area (Å²) in [5.41, 5.74) is 7.03. The molecule has 5 heteroatoms. The summed E-state index contributed by atoms with van der Waals surface area (Å²) < 4.78 is 0. The van der Waals surface area contributed by atoms with E-state index in [1.807, 2.05) is 48.5 Å². The van der Waals surface area contributed by atoms with Crippen molar-refractivity contribution in [3.8, 4) is 6.07 Å². The van der Waals surface area contributed by atoms with Gasteiger partial charge in [-0.3, -0.25) is 0 Å². The summed E-state index contributed by atoms with van der Waals surface area (Å²) in [5, 5.41) is 9.48. The van der Waals surface area contributed by atoms with Crippen LogP contribution in [0.3, 0.4) is 0 Å². The van der Waals surface area contributed by atoms with Crippen molar-refractivity contribution >= 4 is 35.8 Å². The van der Waals surface area contributed by atoms with E-state index in [2.05, 4.69) is 6.07 Å². The molecule has 1 atom stereocenters. The van der Waals surface area contributed by atoms with Gasteiger partial charge in [0.1, 0.15) is 0 Å². The van der Waals surface area contributed by atoms with E-state index in [0.717, 1.165) is 20.4 Å². The van der Waals surface area contributed by atoms with Crippen LogP contribution in [-0.2, 0) is 0 Å². The van der Waals surface area contributed by atoms with Gasteiger partial charge < -0.3 is 5.73 Å². The van der Waals surface area contributed by atoms with Gasteiger partial charge in [-0.25, -0.2) is 0 Å². The molecule has 0 spiro atoms. The Kier molecular flexibility index (Phi) is 6.90. The Labute approximate surface area is 134 Å². The van der Waals surface area contributed by atoms with E-state index in [9.17, 15) is 0 Å². The van der Waals surface area contributed by atoms with Gasteiger partial charge in [-0.05, 0) is 35.9 Å². The fourth-order valence-electron chi connectivity index (χ4n) is 1.72.